The maximum Gasteiger partial charge on any atom is 0.416 e. The number of halogens is 3. The van der Waals surface area contributed by atoms with Crippen molar-refractivity contribution in [3.8, 4) is 0 Å². The Morgan fingerprint density at radius 3 is 2.29 bits per heavy atom. The summed E-state index contributed by atoms with van der Waals surface area (Å²) in [6.45, 7) is 2.00. The van der Waals surface area contributed by atoms with Crippen molar-refractivity contribution < 1.29 is 18.3 Å². The second-order valence-electron chi connectivity index (χ2n) is 3.71. The van der Waals surface area contributed by atoms with Gasteiger partial charge in [0.25, 0.3) is 0 Å². The molecule has 0 saturated heterocycles. The SMILES string of the molecule is CCSCC(O)Cc1ccc(C(F)(F)F)cc1. The average molecular weight is 264 g/mol. The standard InChI is InChI=1S/C12H15F3OS/c1-2-17-8-11(16)7-9-3-5-10(6-4-9)12(13,14)15/h3-6,11,16H,2,7-8H2,1H3. The lowest BCUT2D eigenvalue weighted by Crippen LogP contribution is -2.14. The Morgan fingerprint density at radius 2 is 1.82 bits per heavy atom. The largest absolute Gasteiger partial charge is 0.416 e. The van der Waals surface area contributed by atoms with Gasteiger partial charge in [-0.2, -0.15) is 24.9 Å². The van der Waals surface area contributed by atoms with E-state index in [1.165, 1.54) is 12.1 Å². The van der Waals surface area contributed by atoms with Crippen LogP contribution >= 0.6 is 11.8 Å². The Balaban J connectivity index is 2.56. The average Bonchev–Trinajstić information content (AvgIpc) is 2.26. The van der Waals surface area contributed by atoms with Crippen molar-refractivity contribution in [2.24, 2.45) is 0 Å². The fraction of sp³-hybridized carbons (Fsp3) is 0.500. The summed E-state index contributed by atoms with van der Waals surface area (Å²) in [6.07, 6.45) is -4.41. The van der Waals surface area contributed by atoms with Gasteiger partial charge in [-0.15, -0.1) is 0 Å². The molecule has 0 fully saturated rings. The number of aliphatic hydroxyl groups excluding tert-OH is 1. The third-order valence-electron chi connectivity index (χ3n) is 2.27. The molecule has 0 heterocycles. The molecule has 5 heteroatoms. The van der Waals surface area contributed by atoms with E-state index in [0.29, 0.717) is 12.2 Å². The van der Waals surface area contributed by atoms with Gasteiger partial charge in [0.1, 0.15) is 0 Å². The molecule has 1 rings (SSSR count). The van der Waals surface area contributed by atoms with Crippen molar-refractivity contribution in [3.05, 3.63) is 35.4 Å². The first-order valence-corrected chi connectivity index (χ1v) is 6.51. The number of hydrogen-bond donors (Lipinski definition) is 1. The van der Waals surface area contributed by atoms with Crippen LogP contribution in [-0.2, 0) is 12.6 Å². The van der Waals surface area contributed by atoms with Gasteiger partial charge < -0.3 is 5.11 Å². The van der Waals surface area contributed by atoms with Crippen molar-refractivity contribution in [3.63, 3.8) is 0 Å². The second kappa shape index (κ2) is 6.31. The van der Waals surface area contributed by atoms with Gasteiger partial charge in [0, 0.05) is 5.75 Å². The maximum atomic E-state index is 12.3. The summed E-state index contributed by atoms with van der Waals surface area (Å²) < 4.78 is 36.9. The van der Waals surface area contributed by atoms with Crippen LogP contribution in [0.15, 0.2) is 24.3 Å². The van der Waals surface area contributed by atoms with Crippen LogP contribution in [0.3, 0.4) is 0 Å². The molecule has 1 aromatic carbocycles. The Kier molecular flexibility index (Phi) is 5.33. The summed E-state index contributed by atoms with van der Waals surface area (Å²) in [5, 5.41) is 9.62. The van der Waals surface area contributed by atoms with Crippen LogP contribution in [0, 0.1) is 0 Å². The zero-order valence-corrected chi connectivity index (χ0v) is 10.3. The van der Waals surface area contributed by atoms with Crippen LogP contribution in [0.5, 0.6) is 0 Å². The first-order valence-electron chi connectivity index (χ1n) is 5.35. The van der Waals surface area contributed by atoms with Crippen LogP contribution in [0.1, 0.15) is 18.1 Å². The van der Waals surface area contributed by atoms with Crippen LogP contribution < -0.4 is 0 Å². The van der Waals surface area contributed by atoms with Gasteiger partial charge in [-0.25, -0.2) is 0 Å². The van der Waals surface area contributed by atoms with Gasteiger partial charge in [0.05, 0.1) is 11.7 Å². The molecule has 1 aromatic rings. The molecule has 1 atom stereocenters. The molecule has 0 amide bonds. The van der Waals surface area contributed by atoms with Crippen molar-refractivity contribution in [1.29, 1.82) is 0 Å². The minimum atomic E-state index is -4.30. The minimum Gasteiger partial charge on any atom is -0.392 e. The van der Waals surface area contributed by atoms with Crippen LogP contribution in [0.25, 0.3) is 0 Å². The summed E-state index contributed by atoms with van der Waals surface area (Å²) in [5.41, 5.74) is 0.0703. The van der Waals surface area contributed by atoms with E-state index >= 15 is 0 Å². The minimum absolute atomic E-state index is 0.394. The van der Waals surface area contributed by atoms with Crippen LogP contribution in [-0.4, -0.2) is 22.7 Å². The fourth-order valence-corrected chi connectivity index (χ4v) is 2.04. The van der Waals surface area contributed by atoms with E-state index in [9.17, 15) is 18.3 Å². The van der Waals surface area contributed by atoms with Gasteiger partial charge in [0.2, 0.25) is 0 Å². The number of benzene rings is 1. The zero-order valence-electron chi connectivity index (χ0n) is 9.50. The Hall–Kier alpha value is -0.680. The number of hydrogen-bond acceptors (Lipinski definition) is 2. The van der Waals surface area contributed by atoms with Crippen molar-refractivity contribution >= 4 is 11.8 Å². The summed E-state index contributed by atoms with van der Waals surface area (Å²) in [7, 11) is 0. The molecular formula is C12H15F3OS. The Labute approximate surface area is 103 Å². The van der Waals surface area contributed by atoms with Crippen molar-refractivity contribution in [2.45, 2.75) is 25.6 Å². The summed E-state index contributed by atoms with van der Waals surface area (Å²) in [6, 6.07) is 4.94. The van der Waals surface area contributed by atoms with Gasteiger partial charge in [-0.3, -0.25) is 0 Å². The molecular weight excluding hydrogens is 249 g/mol. The van der Waals surface area contributed by atoms with Gasteiger partial charge in [0.15, 0.2) is 0 Å². The first kappa shape index (κ1) is 14.4. The van der Waals surface area contributed by atoms with E-state index in [1.807, 2.05) is 6.92 Å². The summed E-state index contributed by atoms with van der Waals surface area (Å²) in [5.74, 6) is 1.53. The lowest BCUT2D eigenvalue weighted by molar-refractivity contribution is -0.137. The Bertz CT molecular complexity index is 335. The molecule has 0 aliphatic rings. The summed E-state index contributed by atoms with van der Waals surface area (Å²) in [4.78, 5) is 0. The van der Waals surface area contributed by atoms with Crippen LogP contribution in [0.2, 0.25) is 0 Å². The molecule has 0 radical (unpaired) electrons. The van der Waals surface area contributed by atoms with Gasteiger partial charge >= 0.3 is 6.18 Å². The fourth-order valence-electron chi connectivity index (χ4n) is 1.41. The van der Waals surface area contributed by atoms with Crippen molar-refractivity contribution in [2.75, 3.05) is 11.5 Å². The molecule has 96 valence electrons. The van der Waals surface area contributed by atoms with E-state index in [1.54, 1.807) is 11.8 Å². The molecule has 0 spiro atoms. The van der Waals surface area contributed by atoms with E-state index < -0.39 is 17.8 Å². The number of rotatable bonds is 5. The highest BCUT2D eigenvalue weighted by atomic mass is 32.2. The maximum absolute atomic E-state index is 12.3. The number of thioether (sulfide) groups is 1. The quantitative estimate of drug-likeness (QED) is 0.880. The monoisotopic (exact) mass is 264 g/mol. The first-order chi connectivity index (χ1) is 7.93. The van der Waals surface area contributed by atoms with E-state index in [4.69, 9.17) is 0 Å². The molecule has 0 saturated carbocycles. The van der Waals surface area contributed by atoms with E-state index in [-0.39, 0.29) is 0 Å². The highest BCUT2D eigenvalue weighted by Crippen LogP contribution is 2.29. The molecule has 0 bridgehead atoms. The predicted octanol–water partition coefficient (Wildman–Crippen LogP) is 3.36. The van der Waals surface area contributed by atoms with E-state index in [0.717, 1.165) is 23.4 Å². The topological polar surface area (TPSA) is 20.2 Å². The van der Waals surface area contributed by atoms with Gasteiger partial charge in [-0.05, 0) is 29.9 Å². The molecule has 0 aliphatic heterocycles. The number of alkyl halides is 3. The smallest absolute Gasteiger partial charge is 0.392 e. The lowest BCUT2D eigenvalue weighted by Gasteiger charge is -2.11. The molecule has 1 N–H and O–H groups in total. The van der Waals surface area contributed by atoms with Crippen LogP contribution in [0.4, 0.5) is 13.2 Å². The van der Waals surface area contributed by atoms with E-state index in [2.05, 4.69) is 0 Å². The number of aliphatic hydroxyl groups is 1. The van der Waals surface area contributed by atoms with Gasteiger partial charge in [-0.1, -0.05) is 19.1 Å². The normalized spacial score (nSPS) is 13.7. The van der Waals surface area contributed by atoms with Crippen molar-refractivity contribution in [1.82, 2.24) is 0 Å². The lowest BCUT2D eigenvalue weighted by atomic mass is 10.1. The zero-order chi connectivity index (χ0) is 12.9. The third-order valence-corrected chi connectivity index (χ3v) is 3.30. The Morgan fingerprint density at radius 1 is 1.24 bits per heavy atom. The second-order valence-corrected chi connectivity index (χ2v) is 5.03. The molecule has 17 heavy (non-hydrogen) atoms. The third kappa shape index (κ3) is 5.00. The highest BCUT2D eigenvalue weighted by molar-refractivity contribution is 7.99. The molecule has 0 aliphatic carbocycles. The molecule has 1 unspecified atom stereocenters. The molecule has 0 aromatic heterocycles. The molecule has 1 nitrogen and oxygen atoms in total. The highest BCUT2D eigenvalue weighted by Gasteiger charge is 2.29. The predicted molar refractivity (Wildman–Crippen MR) is 64.2 cm³/mol. The summed E-state index contributed by atoms with van der Waals surface area (Å²) >= 11 is 1.61.